The van der Waals surface area contributed by atoms with E-state index in [0.29, 0.717) is 0 Å². The highest BCUT2D eigenvalue weighted by Gasteiger charge is 2.17. The first-order valence-corrected chi connectivity index (χ1v) is 10.3. The molecule has 2 aromatic carbocycles. The standard InChI is InChI=1S/C18H20FNO3S2/c1-13-3-7-16(8-4-13)24-14(2)18(21)20-11-12-25(22,23)17-9-5-15(19)6-10-17/h3-10,14H,11-12H2,1-2H3,(H,20,21). The van der Waals surface area contributed by atoms with Crippen LogP contribution in [0.15, 0.2) is 58.3 Å². The molecule has 0 radical (unpaired) electrons. The molecule has 1 N–H and O–H groups in total. The van der Waals surface area contributed by atoms with Crippen LogP contribution in [0.25, 0.3) is 0 Å². The summed E-state index contributed by atoms with van der Waals surface area (Å²) in [6.45, 7) is 3.78. The van der Waals surface area contributed by atoms with Crippen molar-refractivity contribution in [3.63, 3.8) is 0 Å². The number of aryl methyl sites for hydroxylation is 1. The van der Waals surface area contributed by atoms with Crippen molar-refractivity contribution in [1.82, 2.24) is 5.32 Å². The molecule has 2 rings (SSSR count). The van der Waals surface area contributed by atoms with Gasteiger partial charge in [0.1, 0.15) is 5.82 Å². The van der Waals surface area contributed by atoms with E-state index >= 15 is 0 Å². The van der Waals surface area contributed by atoms with Gasteiger partial charge in [0.25, 0.3) is 0 Å². The molecule has 25 heavy (non-hydrogen) atoms. The average molecular weight is 381 g/mol. The van der Waals surface area contributed by atoms with Gasteiger partial charge < -0.3 is 5.32 Å². The van der Waals surface area contributed by atoms with Crippen molar-refractivity contribution >= 4 is 27.5 Å². The third-order valence-corrected chi connectivity index (χ3v) is 6.39. The fourth-order valence-electron chi connectivity index (χ4n) is 2.09. The topological polar surface area (TPSA) is 63.2 Å². The Bertz CT molecular complexity index is 818. The molecule has 0 aromatic heterocycles. The van der Waals surface area contributed by atoms with Gasteiger partial charge in [-0.3, -0.25) is 4.79 Å². The van der Waals surface area contributed by atoms with Crippen LogP contribution in [-0.4, -0.2) is 31.9 Å². The van der Waals surface area contributed by atoms with Crippen molar-refractivity contribution in [2.24, 2.45) is 0 Å². The number of hydrogen-bond acceptors (Lipinski definition) is 4. The van der Waals surface area contributed by atoms with Crippen LogP contribution in [0.3, 0.4) is 0 Å². The number of hydrogen-bond donors (Lipinski definition) is 1. The van der Waals surface area contributed by atoms with Crippen LogP contribution in [0.5, 0.6) is 0 Å². The Morgan fingerprint density at radius 2 is 1.72 bits per heavy atom. The van der Waals surface area contributed by atoms with Crippen LogP contribution in [0.2, 0.25) is 0 Å². The molecule has 2 aromatic rings. The molecule has 0 aliphatic heterocycles. The zero-order chi connectivity index (χ0) is 18.4. The van der Waals surface area contributed by atoms with E-state index in [1.807, 2.05) is 31.2 Å². The summed E-state index contributed by atoms with van der Waals surface area (Å²) in [6.07, 6.45) is 0. The molecule has 0 aliphatic carbocycles. The van der Waals surface area contributed by atoms with Gasteiger partial charge in [-0.15, -0.1) is 11.8 Å². The van der Waals surface area contributed by atoms with Crippen molar-refractivity contribution in [2.75, 3.05) is 12.3 Å². The third-order valence-electron chi connectivity index (χ3n) is 3.55. The van der Waals surface area contributed by atoms with E-state index in [-0.39, 0.29) is 28.4 Å². The molecule has 0 bridgehead atoms. The van der Waals surface area contributed by atoms with E-state index in [1.54, 1.807) is 6.92 Å². The summed E-state index contributed by atoms with van der Waals surface area (Å²) in [5.41, 5.74) is 1.15. The lowest BCUT2D eigenvalue weighted by atomic mass is 10.2. The van der Waals surface area contributed by atoms with Gasteiger partial charge in [-0.05, 0) is 50.2 Å². The van der Waals surface area contributed by atoms with Gasteiger partial charge in [-0.25, -0.2) is 12.8 Å². The Kier molecular flexibility index (Phi) is 6.61. The first-order chi connectivity index (χ1) is 11.8. The van der Waals surface area contributed by atoms with Crippen molar-refractivity contribution < 1.29 is 17.6 Å². The molecule has 1 amide bonds. The number of sulfone groups is 1. The van der Waals surface area contributed by atoms with Crippen LogP contribution in [-0.2, 0) is 14.6 Å². The molecule has 0 fully saturated rings. The summed E-state index contributed by atoms with van der Waals surface area (Å²) >= 11 is 1.41. The van der Waals surface area contributed by atoms with Gasteiger partial charge >= 0.3 is 0 Å². The molecule has 1 atom stereocenters. The van der Waals surface area contributed by atoms with Gasteiger partial charge in [0.15, 0.2) is 9.84 Å². The maximum atomic E-state index is 12.9. The van der Waals surface area contributed by atoms with Crippen molar-refractivity contribution in [2.45, 2.75) is 28.9 Å². The first-order valence-electron chi connectivity index (χ1n) is 7.77. The van der Waals surface area contributed by atoms with Crippen molar-refractivity contribution in [1.29, 1.82) is 0 Å². The Balaban J connectivity index is 1.84. The fraction of sp³-hybridized carbons (Fsp3) is 0.278. The fourth-order valence-corrected chi connectivity index (χ4v) is 4.14. The molecular weight excluding hydrogens is 361 g/mol. The van der Waals surface area contributed by atoms with E-state index in [4.69, 9.17) is 0 Å². The highest BCUT2D eigenvalue weighted by Crippen LogP contribution is 2.23. The molecule has 0 saturated carbocycles. The minimum Gasteiger partial charge on any atom is -0.354 e. The lowest BCUT2D eigenvalue weighted by Crippen LogP contribution is -2.34. The number of nitrogens with one attached hydrogen (secondary N) is 1. The minimum atomic E-state index is -3.55. The van der Waals surface area contributed by atoms with Gasteiger partial charge in [0.05, 0.1) is 15.9 Å². The van der Waals surface area contributed by atoms with Crippen LogP contribution in [0, 0.1) is 12.7 Å². The zero-order valence-electron chi connectivity index (χ0n) is 14.0. The molecule has 0 spiro atoms. The SMILES string of the molecule is Cc1ccc(SC(C)C(=O)NCCS(=O)(=O)c2ccc(F)cc2)cc1. The van der Waals surface area contributed by atoms with Gasteiger partial charge in [-0.2, -0.15) is 0 Å². The number of amides is 1. The number of benzene rings is 2. The maximum absolute atomic E-state index is 12.9. The van der Waals surface area contributed by atoms with Gasteiger partial charge in [0, 0.05) is 11.4 Å². The van der Waals surface area contributed by atoms with Crippen LogP contribution >= 0.6 is 11.8 Å². The quantitative estimate of drug-likeness (QED) is 0.591. The molecular formula is C18H20FNO3S2. The van der Waals surface area contributed by atoms with E-state index < -0.39 is 15.7 Å². The number of rotatable bonds is 7. The molecule has 0 heterocycles. The summed E-state index contributed by atoms with van der Waals surface area (Å²) in [5.74, 6) is -0.944. The van der Waals surface area contributed by atoms with Crippen LogP contribution < -0.4 is 5.32 Å². The van der Waals surface area contributed by atoms with Crippen molar-refractivity contribution in [3.05, 3.63) is 59.9 Å². The molecule has 7 heteroatoms. The monoisotopic (exact) mass is 381 g/mol. The predicted octanol–water partition coefficient (Wildman–Crippen LogP) is 3.20. The molecule has 4 nitrogen and oxygen atoms in total. The Morgan fingerprint density at radius 3 is 2.32 bits per heavy atom. The molecule has 0 saturated heterocycles. The summed E-state index contributed by atoms with van der Waals surface area (Å²) in [7, 11) is -3.55. The van der Waals surface area contributed by atoms with E-state index in [9.17, 15) is 17.6 Å². The summed E-state index contributed by atoms with van der Waals surface area (Å²) in [5, 5.41) is 2.30. The van der Waals surface area contributed by atoms with Crippen molar-refractivity contribution in [3.8, 4) is 0 Å². The minimum absolute atomic E-state index is 0.0113. The largest absolute Gasteiger partial charge is 0.354 e. The van der Waals surface area contributed by atoms with Gasteiger partial charge in [-0.1, -0.05) is 17.7 Å². The normalized spacial score (nSPS) is 12.6. The lowest BCUT2D eigenvalue weighted by Gasteiger charge is -2.12. The van der Waals surface area contributed by atoms with Gasteiger partial charge in [0.2, 0.25) is 5.91 Å². The smallest absolute Gasteiger partial charge is 0.233 e. The lowest BCUT2D eigenvalue weighted by molar-refractivity contribution is -0.120. The summed E-state index contributed by atoms with van der Waals surface area (Å²) < 4.78 is 37.1. The Morgan fingerprint density at radius 1 is 1.12 bits per heavy atom. The van der Waals surface area contributed by atoms with Crippen LogP contribution in [0.1, 0.15) is 12.5 Å². The predicted molar refractivity (Wildman–Crippen MR) is 98.0 cm³/mol. The van der Waals surface area contributed by atoms with Crippen LogP contribution in [0.4, 0.5) is 4.39 Å². The highest BCUT2D eigenvalue weighted by molar-refractivity contribution is 8.00. The summed E-state index contributed by atoms with van der Waals surface area (Å²) in [4.78, 5) is 13.1. The summed E-state index contributed by atoms with van der Waals surface area (Å²) in [6, 6.07) is 12.5. The second kappa shape index (κ2) is 8.49. The second-order valence-electron chi connectivity index (χ2n) is 5.64. The zero-order valence-corrected chi connectivity index (χ0v) is 15.7. The third kappa shape index (κ3) is 5.86. The number of carbonyl (C=O) groups excluding carboxylic acids is 1. The van der Waals surface area contributed by atoms with E-state index in [2.05, 4.69) is 5.32 Å². The Labute approximate surface area is 151 Å². The molecule has 134 valence electrons. The van der Waals surface area contributed by atoms with E-state index in [0.717, 1.165) is 22.6 Å². The maximum Gasteiger partial charge on any atom is 0.233 e. The second-order valence-corrected chi connectivity index (χ2v) is 9.16. The number of thioether (sulfide) groups is 1. The highest BCUT2D eigenvalue weighted by atomic mass is 32.2. The number of carbonyl (C=O) groups is 1. The average Bonchev–Trinajstić information content (AvgIpc) is 2.57. The first kappa shape index (κ1) is 19.5. The Hall–Kier alpha value is -1.86. The van der Waals surface area contributed by atoms with E-state index in [1.165, 1.54) is 23.9 Å². The molecule has 1 unspecified atom stereocenters. The number of halogens is 1. The molecule has 0 aliphatic rings.